The number of nitrogens with two attached hydrogens (primary N) is 1. The molecule has 0 bridgehead atoms. The molecule has 1 aromatic rings. The molecule has 1 heterocycles. The van der Waals surface area contributed by atoms with E-state index in [0.29, 0.717) is 6.42 Å². The quantitative estimate of drug-likeness (QED) is 0.320. The van der Waals surface area contributed by atoms with Gasteiger partial charge in [0.25, 0.3) is 5.91 Å². The number of hydrogen-bond donors (Lipinski definition) is 4. The molecule has 0 saturated heterocycles. The van der Waals surface area contributed by atoms with Crippen LogP contribution in [0.4, 0.5) is 10.5 Å². The number of ether oxygens (including phenoxy) is 1. The molecule has 0 spiro atoms. The Hall–Kier alpha value is -3.56. The van der Waals surface area contributed by atoms with Gasteiger partial charge in [0, 0.05) is 12.6 Å². The van der Waals surface area contributed by atoms with Crippen LogP contribution in [0.15, 0.2) is 47.9 Å². The van der Waals surface area contributed by atoms with Gasteiger partial charge in [-0.1, -0.05) is 18.7 Å². The van der Waals surface area contributed by atoms with Gasteiger partial charge in [0.1, 0.15) is 5.70 Å². The summed E-state index contributed by atoms with van der Waals surface area (Å²) in [6.45, 7) is 3.93. The van der Waals surface area contributed by atoms with Crippen LogP contribution < -0.4 is 26.4 Å². The fourth-order valence-corrected chi connectivity index (χ4v) is 2.02. The zero-order chi connectivity index (χ0) is 18.4. The first-order chi connectivity index (χ1) is 11.9. The summed E-state index contributed by atoms with van der Waals surface area (Å²) in [5.41, 5.74) is 5.69. The molecule has 3 amide bonds. The number of nitro benzene ring substituents is 1. The third kappa shape index (κ3) is 4.47. The standard InChI is InChI=1S/C15H17N5O5/c1-9-12(16)13(19-15(22)18-9)14(21)17-7-4-8-25-11-6-3-2-5-10(11)20(23)24/h2-3,5-6H,1,4,7-8,16H2,(H,17,21)(H2,18,19,22). The van der Waals surface area contributed by atoms with Gasteiger partial charge in [-0.05, 0) is 12.5 Å². The second-order valence-electron chi connectivity index (χ2n) is 5.03. The molecule has 0 radical (unpaired) electrons. The molecule has 0 aromatic heterocycles. The Labute approximate surface area is 142 Å². The Kier molecular flexibility index (Phi) is 5.56. The normalized spacial score (nSPS) is 13.8. The average Bonchev–Trinajstić information content (AvgIpc) is 2.57. The number of nitrogens with one attached hydrogen (secondary N) is 3. The maximum atomic E-state index is 12.0. The van der Waals surface area contributed by atoms with E-state index in [1.165, 1.54) is 12.1 Å². The highest BCUT2D eigenvalue weighted by Gasteiger charge is 2.23. The molecule has 2 rings (SSSR count). The molecule has 1 aromatic carbocycles. The number of carbonyl (C=O) groups excluding carboxylic acids is 2. The molecular formula is C15H17N5O5. The fraction of sp³-hybridized carbons (Fsp3) is 0.200. The van der Waals surface area contributed by atoms with Crippen molar-refractivity contribution in [2.75, 3.05) is 13.2 Å². The zero-order valence-electron chi connectivity index (χ0n) is 13.2. The van der Waals surface area contributed by atoms with Crippen molar-refractivity contribution in [2.45, 2.75) is 6.42 Å². The molecular weight excluding hydrogens is 330 g/mol. The highest BCUT2D eigenvalue weighted by Crippen LogP contribution is 2.25. The van der Waals surface area contributed by atoms with Crippen LogP contribution >= 0.6 is 0 Å². The van der Waals surface area contributed by atoms with Gasteiger partial charge < -0.3 is 26.4 Å². The van der Waals surface area contributed by atoms with E-state index in [1.54, 1.807) is 12.1 Å². The molecule has 0 unspecified atom stereocenters. The van der Waals surface area contributed by atoms with E-state index in [4.69, 9.17) is 10.5 Å². The number of rotatable bonds is 7. The van der Waals surface area contributed by atoms with Gasteiger partial charge in [0.2, 0.25) is 0 Å². The summed E-state index contributed by atoms with van der Waals surface area (Å²) >= 11 is 0. The Balaban J connectivity index is 1.81. The molecule has 10 nitrogen and oxygen atoms in total. The number of nitro groups is 1. The Morgan fingerprint density at radius 2 is 2.08 bits per heavy atom. The third-order valence-corrected chi connectivity index (χ3v) is 3.25. The average molecular weight is 347 g/mol. The number of benzene rings is 1. The van der Waals surface area contributed by atoms with E-state index < -0.39 is 16.9 Å². The van der Waals surface area contributed by atoms with Crippen molar-refractivity contribution in [1.82, 2.24) is 16.0 Å². The summed E-state index contributed by atoms with van der Waals surface area (Å²) in [5.74, 6) is -0.396. The van der Waals surface area contributed by atoms with Crippen molar-refractivity contribution in [3.63, 3.8) is 0 Å². The highest BCUT2D eigenvalue weighted by atomic mass is 16.6. The molecule has 25 heavy (non-hydrogen) atoms. The van der Waals surface area contributed by atoms with Crippen LogP contribution in [0, 0.1) is 10.1 Å². The lowest BCUT2D eigenvalue weighted by Crippen LogP contribution is -2.47. The van der Waals surface area contributed by atoms with Crippen LogP contribution in [0.3, 0.4) is 0 Å². The number of para-hydroxylation sites is 2. The number of carbonyl (C=O) groups is 2. The molecule has 0 atom stereocenters. The number of nitrogens with zero attached hydrogens (tertiary/aromatic N) is 1. The van der Waals surface area contributed by atoms with Crippen LogP contribution in [-0.2, 0) is 4.79 Å². The number of urea groups is 1. The van der Waals surface area contributed by atoms with Gasteiger partial charge in [-0.15, -0.1) is 0 Å². The highest BCUT2D eigenvalue weighted by molar-refractivity contribution is 6.00. The van der Waals surface area contributed by atoms with Crippen molar-refractivity contribution < 1.29 is 19.2 Å². The van der Waals surface area contributed by atoms with E-state index >= 15 is 0 Å². The van der Waals surface area contributed by atoms with Crippen molar-refractivity contribution in [3.8, 4) is 5.75 Å². The molecule has 0 saturated carbocycles. The topological polar surface area (TPSA) is 149 Å². The molecule has 5 N–H and O–H groups in total. The van der Waals surface area contributed by atoms with Crippen molar-refractivity contribution in [2.24, 2.45) is 5.73 Å². The number of amides is 3. The SMILES string of the molecule is C=C1NC(=O)NC(C(=O)NCCCOc2ccccc2[N+](=O)[O-])=C1N. The van der Waals surface area contributed by atoms with Gasteiger partial charge in [-0.25, -0.2) is 4.79 Å². The first kappa shape index (κ1) is 17.8. The second-order valence-corrected chi connectivity index (χ2v) is 5.03. The molecule has 1 aliphatic rings. The van der Waals surface area contributed by atoms with Crippen molar-refractivity contribution >= 4 is 17.6 Å². The second kappa shape index (κ2) is 7.81. The maximum Gasteiger partial charge on any atom is 0.323 e. The summed E-state index contributed by atoms with van der Waals surface area (Å²) < 4.78 is 5.36. The van der Waals surface area contributed by atoms with Gasteiger partial charge in [-0.2, -0.15) is 0 Å². The van der Waals surface area contributed by atoms with Gasteiger partial charge in [0.05, 0.1) is 22.9 Å². The Morgan fingerprint density at radius 1 is 1.36 bits per heavy atom. The molecule has 1 aliphatic heterocycles. The van der Waals surface area contributed by atoms with Crippen LogP contribution in [0.2, 0.25) is 0 Å². The van der Waals surface area contributed by atoms with Gasteiger partial charge in [-0.3, -0.25) is 14.9 Å². The smallest absolute Gasteiger partial charge is 0.323 e. The largest absolute Gasteiger partial charge is 0.487 e. The van der Waals surface area contributed by atoms with E-state index in [-0.39, 0.29) is 41.7 Å². The van der Waals surface area contributed by atoms with Gasteiger partial charge >= 0.3 is 11.7 Å². The number of hydrogen-bond acceptors (Lipinski definition) is 6. The van der Waals surface area contributed by atoms with Crippen LogP contribution in [-0.4, -0.2) is 30.0 Å². The summed E-state index contributed by atoms with van der Waals surface area (Å²) in [6, 6.07) is 5.43. The minimum absolute atomic E-state index is 0.0493. The fourth-order valence-electron chi connectivity index (χ4n) is 2.02. The summed E-state index contributed by atoms with van der Waals surface area (Å²) in [4.78, 5) is 33.7. The Bertz CT molecular complexity index is 758. The minimum Gasteiger partial charge on any atom is -0.487 e. The van der Waals surface area contributed by atoms with E-state index in [0.717, 1.165) is 0 Å². The lowest BCUT2D eigenvalue weighted by atomic mass is 10.2. The maximum absolute atomic E-state index is 12.0. The van der Waals surface area contributed by atoms with E-state index in [2.05, 4.69) is 22.5 Å². The van der Waals surface area contributed by atoms with Crippen molar-refractivity contribution in [1.29, 1.82) is 0 Å². The van der Waals surface area contributed by atoms with Crippen LogP contribution in [0.1, 0.15) is 6.42 Å². The molecule has 0 aliphatic carbocycles. The van der Waals surface area contributed by atoms with Crippen molar-refractivity contribution in [3.05, 3.63) is 58.0 Å². The lowest BCUT2D eigenvalue weighted by molar-refractivity contribution is -0.385. The zero-order valence-corrected chi connectivity index (χ0v) is 13.2. The van der Waals surface area contributed by atoms with E-state index in [9.17, 15) is 19.7 Å². The monoisotopic (exact) mass is 347 g/mol. The Morgan fingerprint density at radius 3 is 2.80 bits per heavy atom. The third-order valence-electron chi connectivity index (χ3n) is 3.25. The summed E-state index contributed by atoms with van der Waals surface area (Å²) in [7, 11) is 0. The lowest BCUT2D eigenvalue weighted by Gasteiger charge is -2.20. The minimum atomic E-state index is -0.593. The van der Waals surface area contributed by atoms with Crippen LogP contribution in [0.25, 0.3) is 0 Å². The predicted octanol–water partition coefficient (Wildman–Crippen LogP) is 0.477. The molecule has 132 valence electrons. The van der Waals surface area contributed by atoms with E-state index in [1.807, 2.05) is 0 Å². The van der Waals surface area contributed by atoms with Crippen LogP contribution in [0.5, 0.6) is 5.75 Å². The molecule has 10 heteroatoms. The molecule has 0 fully saturated rings. The first-order valence-electron chi connectivity index (χ1n) is 7.31. The first-order valence-corrected chi connectivity index (χ1v) is 7.31. The summed E-state index contributed by atoms with van der Waals surface area (Å²) in [5, 5.41) is 18.1. The summed E-state index contributed by atoms with van der Waals surface area (Å²) in [6.07, 6.45) is 0.401. The predicted molar refractivity (Wildman–Crippen MR) is 88.2 cm³/mol. The van der Waals surface area contributed by atoms with Gasteiger partial charge in [0.15, 0.2) is 5.75 Å².